The Labute approximate surface area is 190 Å². The normalized spacial score (nSPS) is 13.0. The molecule has 0 aliphatic heterocycles. The lowest BCUT2D eigenvalue weighted by atomic mass is 9.94. The van der Waals surface area contributed by atoms with Crippen molar-refractivity contribution in [2.24, 2.45) is 0 Å². The van der Waals surface area contributed by atoms with E-state index in [1.54, 1.807) is 12.1 Å². The minimum Gasteiger partial charge on any atom is -0.486 e. The number of ether oxygens (including phenoxy) is 1. The summed E-state index contributed by atoms with van der Waals surface area (Å²) < 4.78 is 43.9. The summed E-state index contributed by atoms with van der Waals surface area (Å²) in [5.41, 5.74) is 4.32. The Balaban J connectivity index is 1.48. The van der Waals surface area contributed by atoms with E-state index in [-0.39, 0.29) is 24.6 Å². The van der Waals surface area contributed by atoms with Gasteiger partial charge in [0.15, 0.2) is 11.6 Å². The minimum absolute atomic E-state index is 0.00791. The van der Waals surface area contributed by atoms with Crippen molar-refractivity contribution in [2.75, 3.05) is 6.61 Å². The van der Waals surface area contributed by atoms with Crippen molar-refractivity contribution in [1.29, 1.82) is 0 Å². The first-order valence-corrected chi connectivity index (χ1v) is 10.8. The van der Waals surface area contributed by atoms with Gasteiger partial charge in [-0.15, -0.1) is 0 Å². The maximum Gasteiger partial charge on any atom is 0.416 e. The van der Waals surface area contributed by atoms with Gasteiger partial charge in [-0.05, 0) is 78.3 Å². The monoisotopic (exact) mass is 452 g/mol. The highest BCUT2D eigenvalue weighted by Gasteiger charge is 2.30. The molecule has 0 spiro atoms. The molecule has 0 fully saturated rings. The molecule has 0 unspecified atom stereocenters. The zero-order valence-corrected chi connectivity index (χ0v) is 18.2. The summed E-state index contributed by atoms with van der Waals surface area (Å²) in [7, 11) is 0. The van der Waals surface area contributed by atoms with Crippen molar-refractivity contribution in [3.8, 4) is 16.9 Å². The predicted octanol–water partition coefficient (Wildman–Crippen LogP) is 6.25. The van der Waals surface area contributed by atoms with Crippen molar-refractivity contribution in [2.45, 2.75) is 38.8 Å². The van der Waals surface area contributed by atoms with E-state index in [1.807, 2.05) is 24.3 Å². The van der Waals surface area contributed by atoms with Gasteiger partial charge in [-0.3, -0.25) is 9.59 Å². The van der Waals surface area contributed by atoms with E-state index in [9.17, 15) is 22.8 Å². The Morgan fingerprint density at radius 3 is 2.06 bits per heavy atom. The smallest absolute Gasteiger partial charge is 0.416 e. The van der Waals surface area contributed by atoms with Gasteiger partial charge < -0.3 is 4.74 Å². The first-order chi connectivity index (χ1) is 15.7. The minimum atomic E-state index is -4.36. The number of Topliss-reactive ketones (excluding diaryl/α,β-unsaturated/α-hetero) is 2. The number of carbonyl (C=O) groups excluding carboxylic acids is 2. The molecule has 170 valence electrons. The van der Waals surface area contributed by atoms with E-state index in [2.05, 4.69) is 0 Å². The van der Waals surface area contributed by atoms with Gasteiger partial charge in [-0.2, -0.15) is 13.2 Å². The molecule has 0 aromatic heterocycles. The molecule has 0 bridgehead atoms. The van der Waals surface area contributed by atoms with Gasteiger partial charge in [0.05, 0.1) is 5.56 Å². The van der Waals surface area contributed by atoms with Crippen LogP contribution in [-0.2, 0) is 30.2 Å². The van der Waals surface area contributed by atoms with Gasteiger partial charge in [-0.1, -0.05) is 36.4 Å². The maximum absolute atomic E-state index is 13.0. The standard InChI is InChI=1S/C27H23F3O3/c1-17(31)16-33-26-14-13-23(22-3-2-4-24(22)26)25(32)15-18-5-7-19(8-6-18)20-9-11-21(12-10-20)27(28,29)30/h5-14H,2-4,15-16H2,1H3. The van der Waals surface area contributed by atoms with Crippen LogP contribution in [0.5, 0.6) is 5.75 Å². The lowest BCUT2D eigenvalue weighted by molar-refractivity contribution is -0.137. The number of fused-ring (bicyclic) bond motifs is 1. The molecule has 1 aliphatic carbocycles. The fraction of sp³-hybridized carbons (Fsp3) is 0.259. The quantitative estimate of drug-likeness (QED) is 0.398. The van der Waals surface area contributed by atoms with Gasteiger partial charge >= 0.3 is 6.18 Å². The van der Waals surface area contributed by atoms with Crippen molar-refractivity contribution in [3.05, 3.63) is 88.5 Å². The topological polar surface area (TPSA) is 43.4 Å². The third kappa shape index (κ3) is 5.16. The summed E-state index contributed by atoms with van der Waals surface area (Å²) in [6.45, 7) is 1.49. The second-order valence-corrected chi connectivity index (χ2v) is 8.28. The molecule has 0 saturated carbocycles. The average molecular weight is 452 g/mol. The number of ketones is 2. The molecule has 0 atom stereocenters. The van der Waals surface area contributed by atoms with Crippen molar-refractivity contribution in [3.63, 3.8) is 0 Å². The summed E-state index contributed by atoms with van der Waals surface area (Å²) in [5, 5.41) is 0. The average Bonchev–Trinajstić information content (AvgIpc) is 3.27. The summed E-state index contributed by atoms with van der Waals surface area (Å²) in [6.07, 6.45) is -1.56. The summed E-state index contributed by atoms with van der Waals surface area (Å²) >= 11 is 0. The molecular formula is C27H23F3O3. The second-order valence-electron chi connectivity index (χ2n) is 8.28. The first-order valence-electron chi connectivity index (χ1n) is 10.8. The molecule has 3 nitrogen and oxygen atoms in total. The molecule has 0 saturated heterocycles. The molecule has 6 heteroatoms. The molecule has 33 heavy (non-hydrogen) atoms. The fourth-order valence-corrected chi connectivity index (χ4v) is 4.20. The number of hydrogen-bond donors (Lipinski definition) is 0. The number of benzene rings is 3. The zero-order valence-electron chi connectivity index (χ0n) is 18.2. The van der Waals surface area contributed by atoms with Gasteiger partial charge in [0.25, 0.3) is 0 Å². The van der Waals surface area contributed by atoms with Crippen molar-refractivity contribution in [1.82, 2.24) is 0 Å². The van der Waals surface area contributed by atoms with Crippen LogP contribution in [0, 0.1) is 0 Å². The fourth-order valence-electron chi connectivity index (χ4n) is 4.20. The van der Waals surface area contributed by atoms with E-state index in [1.165, 1.54) is 19.1 Å². The lowest BCUT2D eigenvalue weighted by Crippen LogP contribution is -2.11. The van der Waals surface area contributed by atoms with E-state index < -0.39 is 11.7 Å². The Hall–Kier alpha value is -3.41. The zero-order chi connectivity index (χ0) is 23.6. The second kappa shape index (κ2) is 9.22. The molecule has 0 heterocycles. The third-order valence-electron chi connectivity index (χ3n) is 5.84. The molecule has 3 aromatic carbocycles. The molecular weight excluding hydrogens is 429 g/mol. The summed E-state index contributed by atoms with van der Waals surface area (Å²) in [4.78, 5) is 24.3. The lowest BCUT2D eigenvalue weighted by Gasteiger charge is -2.13. The number of alkyl halides is 3. The van der Waals surface area contributed by atoms with Crippen LogP contribution < -0.4 is 4.74 Å². The highest BCUT2D eigenvalue weighted by molar-refractivity contribution is 5.99. The van der Waals surface area contributed by atoms with Crippen LogP contribution in [-0.4, -0.2) is 18.2 Å². The largest absolute Gasteiger partial charge is 0.486 e. The van der Waals surface area contributed by atoms with Crippen LogP contribution in [0.2, 0.25) is 0 Å². The van der Waals surface area contributed by atoms with E-state index in [0.717, 1.165) is 53.6 Å². The summed E-state index contributed by atoms with van der Waals surface area (Å²) in [6, 6.07) is 15.9. The number of halogens is 3. The van der Waals surface area contributed by atoms with Gasteiger partial charge in [-0.25, -0.2) is 0 Å². The van der Waals surface area contributed by atoms with Crippen molar-refractivity contribution < 1.29 is 27.5 Å². The van der Waals surface area contributed by atoms with E-state index >= 15 is 0 Å². The van der Waals surface area contributed by atoms with Crippen molar-refractivity contribution >= 4 is 11.6 Å². The number of rotatable bonds is 7. The van der Waals surface area contributed by atoms with Gasteiger partial charge in [0.2, 0.25) is 0 Å². The summed E-state index contributed by atoms with van der Waals surface area (Å²) in [5.74, 6) is 0.630. The Morgan fingerprint density at radius 2 is 1.45 bits per heavy atom. The Kier molecular flexibility index (Phi) is 6.36. The van der Waals surface area contributed by atoms with Crippen LogP contribution in [0.4, 0.5) is 13.2 Å². The van der Waals surface area contributed by atoms with Crippen LogP contribution in [0.15, 0.2) is 60.7 Å². The highest BCUT2D eigenvalue weighted by atomic mass is 19.4. The van der Waals surface area contributed by atoms with Gasteiger partial charge in [0, 0.05) is 12.0 Å². The molecule has 4 rings (SSSR count). The molecule has 1 aliphatic rings. The van der Waals surface area contributed by atoms with Crippen LogP contribution in [0.25, 0.3) is 11.1 Å². The van der Waals surface area contributed by atoms with E-state index in [4.69, 9.17) is 4.74 Å². The first kappa shape index (κ1) is 22.8. The number of carbonyl (C=O) groups is 2. The third-order valence-corrected chi connectivity index (χ3v) is 5.84. The SMILES string of the molecule is CC(=O)COc1ccc(C(=O)Cc2ccc(-c3ccc(C(F)(F)F)cc3)cc2)c2c1CCC2. The van der Waals surface area contributed by atoms with E-state index in [0.29, 0.717) is 16.9 Å². The van der Waals surface area contributed by atoms with Crippen LogP contribution in [0.3, 0.4) is 0 Å². The Morgan fingerprint density at radius 1 is 0.848 bits per heavy atom. The Bertz CT molecular complexity index is 1180. The maximum atomic E-state index is 13.0. The molecule has 0 radical (unpaired) electrons. The van der Waals surface area contributed by atoms with Crippen LogP contribution in [0.1, 0.15) is 46.0 Å². The number of hydrogen-bond acceptors (Lipinski definition) is 3. The predicted molar refractivity (Wildman–Crippen MR) is 120 cm³/mol. The van der Waals surface area contributed by atoms with Gasteiger partial charge in [0.1, 0.15) is 12.4 Å². The molecule has 0 amide bonds. The highest BCUT2D eigenvalue weighted by Crippen LogP contribution is 2.34. The molecule has 0 N–H and O–H groups in total. The molecule has 3 aromatic rings. The van der Waals surface area contributed by atoms with Crippen LogP contribution >= 0.6 is 0 Å².